The summed E-state index contributed by atoms with van der Waals surface area (Å²) in [5, 5.41) is 12.7. The zero-order valence-corrected chi connectivity index (χ0v) is 20.5. The van der Waals surface area contributed by atoms with Crippen molar-refractivity contribution < 1.29 is 9.53 Å². The van der Waals surface area contributed by atoms with Crippen LogP contribution >= 0.6 is 11.6 Å². The number of ether oxygens (including phenoxy) is 1. The van der Waals surface area contributed by atoms with E-state index < -0.39 is 0 Å². The predicted molar refractivity (Wildman–Crippen MR) is 138 cm³/mol. The molecule has 4 rings (SSSR count). The Kier molecular flexibility index (Phi) is 8.38. The van der Waals surface area contributed by atoms with Gasteiger partial charge in [0.1, 0.15) is 0 Å². The molecular weight excluding hydrogens is 460 g/mol. The number of halogens is 1. The highest BCUT2D eigenvalue weighted by Crippen LogP contribution is 2.24. The average molecular weight is 489 g/mol. The predicted octanol–water partition coefficient (Wildman–Crippen LogP) is 5.63. The highest BCUT2D eigenvalue weighted by Gasteiger charge is 2.24. The number of amides is 2. The number of urea groups is 1. The van der Waals surface area contributed by atoms with Crippen molar-refractivity contribution in [2.24, 2.45) is 0 Å². The van der Waals surface area contributed by atoms with Crippen molar-refractivity contribution in [3.8, 4) is 6.07 Å². The Morgan fingerprint density at radius 1 is 1.06 bits per heavy atom. The monoisotopic (exact) mass is 488 g/mol. The van der Waals surface area contributed by atoms with E-state index >= 15 is 0 Å². The molecule has 2 amide bonds. The third kappa shape index (κ3) is 7.06. The topological polar surface area (TPSA) is 68.6 Å². The number of nitrogens with zero attached hydrogens (tertiary/aromatic N) is 3. The van der Waals surface area contributed by atoms with E-state index in [1.54, 1.807) is 29.2 Å². The Morgan fingerprint density at radius 2 is 1.80 bits per heavy atom. The standard InChI is InChI=1S/C28H29ClN4O2/c1-21-4-2-6-23(16-21)20-35-27(24-8-10-25(29)11-9-24)19-32-12-14-33(15-13-32)28(34)31-26-7-3-5-22(17-26)18-30/h2-11,16-17,27H,12-15,19-20H2,1H3,(H,31,34)/t27-/m0/s1. The number of anilines is 1. The smallest absolute Gasteiger partial charge is 0.321 e. The summed E-state index contributed by atoms with van der Waals surface area (Å²) < 4.78 is 6.38. The highest BCUT2D eigenvalue weighted by molar-refractivity contribution is 6.30. The van der Waals surface area contributed by atoms with Crippen LogP contribution in [-0.2, 0) is 11.3 Å². The maximum Gasteiger partial charge on any atom is 0.321 e. The molecule has 3 aromatic rings. The fourth-order valence-electron chi connectivity index (χ4n) is 4.17. The van der Waals surface area contributed by atoms with Crippen LogP contribution in [0.2, 0.25) is 5.02 Å². The van der Waals surface area contributed by atoms with E-state index in [2.05, 4.69) is 41.4 Å². The van der Waals surface area contributed by atoms with Gasteiger partial charge >= 0.3 is 6.03 Å². The number of rotatable bonds is 7. The van der Waals surface area contributed by atoms with Gasteiger partial charge in [0, 0.05) is 43.4 Å². The number of carbonyl (C=O) groups excluding carboxylic acids is 1. The van der Waals surface area contributed by atoms with Gasteiger partial charge in [0.25, 0.3) is 0 Å². The summed E-state index contributed by atoms with van der Waals surface area (Å²) in [6, 6.07) is 25.1. The molecule has 1 N–H and O–H groups in total. The second-order valence-electron chi connectivity index (χ2n) is 8.75. The molecule has 0 aliphatic carbocycles. The molecule has 0 radical (unpaired) electrons. The van der Waals surface area contributed by atoms with Gasteiger partial charge in [-0.05, 0) is 48.4 Å². The van der Waals surface area contributed by atoms with Crippen molar-refractivity contribution in [2.75, 3.05) is 38.0 Å². The molecule has 0 unspecified atom stereocenters. The van der Waals surface area contributed by atoms with Gasteiger partial charge in [-0.25, -0.2) is 4.79 Å². The van der Waals surface area contributed by atoms with Crippen molar-refractivity contribution in [1.29, 1.82) is 5.26 Å². The van der Waals surface area contributed by atoms with E-state index in [9.17, 15) is 4.79 Å². The Bertz CT molecular complexity index is 1180. The summed E-state index contributed by atoms with van der Waals surface area (Å²) in [5.41, 5.74) is 4.59. The van der Waals surface area contributed by atoms with Gasteiger partial charge < -0.3 is 15.0 Å². The first kappa shape index (κ1) is 24.7. The van der Waals surface area contributed by atoms with E-state index in [0.29, 0.717) is 36.0 Å². The average Bonchev–Trinajstić information content (AvgIpc) is 2.87. The maximum atomic E-state index is 12.7. The van der Waals surface area contributed by atoms with Gasteiger partial charge in [-0.3, -0.25) is 4.90 Å². The van der Waals surface area contributed by atoms with Crippen LogP contribution in [0.25, 0.3) is 0 Å². The molecule has 0 saturated carbocycles. The third-order valence-electron chi connectivity index (χ3n) is 6.10. The number of carbonyl (C=O) groups is 1. The van der Waals surface area contributed by atoms with E-state index in [-0.39, 0.29) is 12.1 Å². The Hall–Kier alpha value is -3.37. The van der Waals surface area contributed by atoms with Gasteiger partial charge in [0.05, 0.1) is 24.3 Å². The van der Waals surface area contributed by atoms with Crippen LogP contribution in [0.15, 0.2) is 72.8 Å². The van der Waals surface area contributed by atoms with E-state index in [1.165, 1.54) is 5.56 Å². The minimum absolute atomic E-state index is 0.109. The molecule has 0 spiro atoms. The van der Waals surface area contributed by atoms with E-state index in [0.717, 1.165) is 30.8 Å². The summed E-state index contributed by atoms with van der Waals surface area (Å²) in [4.78, 5) is 16.8. The molecule has 1 aliphatic rings. The number of piperazine rings is 1. The highest BCUT2D eigenvalue weighted by atomic mass is 35.5. The Labute approximate surface area is 211 Å². The van der Waals surface area contributed by atoms with Crippen molar-refractivity contribution in [3.05, 3.63) is 100 Å². The molecule has 3 aromatic carbocycles. The van der Waals surface area contributed by atoms with Crippen molar-refractivity contribution in [3.63, 3.8) is 0 Å². The number of nitrogens with one attached hydrogen (secondary N) is 1. The fraction of sp³-hybridized carbons (Fsp3) is 0.286. The van der Waals surface area contributed by atoms with Gasteiger partial charge in [-0.2, -0.15) is 5.26 Å². The molecule has 7 heteroatoms. The SMILES string of the molecule is Cc1cccc(CO[C@@H](CN2CCN(C(=O)Nc3cccc(C#N)c3)CC2)c2ccc(Cl)cc2)c1. The summed E-state index contributed by atoms with van der Waals surface area (Å²) in [5.74, 6) is 0. The van der Waals surface area contributed by atoms with Crippen LogP contribution in [0, 0.1) is 18.3 Å². The van der Waals surface area contributed by atoms with Gasteiger partial charge in [0.15, 0.2) is 0 Å². The molecular formula is C28H29ClN4O2. The number of nitriles is 1. The van der Waals surface area contributed by atoms with Crippen LogP contribution in [-0.4, -0.2) is 48.6 Å². The molecule has 1 fully saturated rings. The van der Waals surface area contributed by atoms with Crippen LogP contribution in [0.1, 0.15) is 28.4 Å². The Balaban J connectivity index is 1.35. The molecule has 0 bridgehead atoms. The lowest BCUT2D eigenvalue weighted by atomic mass is 10.1. The molecule has 1 atom stereocenters. The van der Waals surface area contributed by atoms with Crippen LogP contribution in [0.5, 0.6) is 0 Å². The van der Waals surface area contributed by atoms with Gasteiger partial charge in [-0.1, -0.05) is 59.6 Å². The molecule has 180 valence electrons. The third-order valence-corrected chi connectivity index (χ3v) is 6.35. The quantitative estimate of drug-likeness (QED) is 0.468. The number of hydrogen-bond donors (Lipinski definition) is 1. The zero-order valence-electron chi connectivity index (χ0n) is 19.8. The summed E-state index contributed by atoms with van der Waals surface area (Å²) in [7, 11) is 0. The minimum Gasteiger partial charge on any atom is -0.368 e. The summed E-state index contributed by atoms with van der Waals surface area (Å²) in [6.45, 7) is 6.08. The van der Waals surface area contributed by atoms with E-state index in [1.807, 2.05) is 30.3 Å². The second kappa shape index (κ2) is 11.9. The lowest BCUT2D eigenvalue weighted by molar-refractivity contribution is 0.00592. The molecule has 1 saturated heterocycles. The molecule has 0 aromatic heterocycles. The maximum absolute atomic E-state index is 12.7. The lowest BCUT2D eigenvalue weighted by Crippen LogP contribution is -2.50. The number of hydrogen-bond acceptors (Lipinski definition) is 4. The van der Waals surface area contributed by atoms with E-state index in [4.69, 9.17) is 21.6 Å². The first-order valence-electron chi connectivity index (χ1n) is 11.7. The molecule has 1 aliphatic heterocycles. The first-order chi connectivity index (χ1) is 17.0. The fourth-order valence-corrected chi connectivity index (χ4v) is 4.29. The number of aryl methyl sites for hydroxylation is 1. The molecule has 35 heavy (non-hydrogen) atoms. The largest absolute Gasteiger partial charge is 0.368 e. The van der Waals surface area contributed by atoms with Crippen molar-refractivity contribution >= 4 is 23.3 Å². The summed E-state index contributed by atoms with van der Waals surface area (Å²) in [6.07, 6.45) is -0.109. The normalized spacial score (nSPS) is 14.8. The second-order valence-corrected chi connectivity index (χ2v) is 9.19. The molecule has 6 nitrogen and oxygen atoms in total. The van der Waals surface area contributed by atoms with Gasteiger partial charge in [-0.15, -0.1) is 0 Å². The van der Waals surface area contributed by atoms with Gasteiger partial charge in [0.2, 0.25) is 0 Å². The summed E-state index contributed by atoms with van der Waals surface area (Å²) >= 11 is 6.11. The van der Waals surface area contributed by atoms with Crippen LogP contribution in [0.3, 0.4) is 0 Å². The van der Waals surface area contributed by atoms with Crippen molar-refractivity contribution in [1.82, 2.24) is 9.80 Å². The molecule has 1 heterocycles. The lowest BCUT2D eigenvalue weighted by Gasteiger charge is -2.36. The first-order valence-corrected chi connectivity index (χ1v) is 12.1. The Morgan fingerprint density at radius 3 is 2.51 bits per heavy atom. The van der Waals surface area contributed by atoms with Crippen molar-refractivity contribution in [2.45, 2.75) is 19.6 Å². The van der Waals surface area contributed by atoms with Crippen LogP contribution in [0.4, 0.5) is 10.5 Å². The minimum atomic E-state index is -0.148. The number of benzene rings is 3. The zero-order chi connectivity index (χ0) is 24.6. The van der Waals surface area contributed by atoms with Crippen LogP contribution < -0.4 is 5.32 Å².